The van der Waals surface area contributed by atoms with Crippen LogP contribution in [-0.4, -0.2) is 46.8 Å². The molecule has 1 aliphatic rings. The molecule has 23 heavy (non-hydrogen) atoms. The van der Waals surface area contributed by atoms with Crippen molar-refractivity contribution >= 4 is 11.6 Å². The van der Waals surface area contributed by atoms with E-state index < -0.39 is 0 Å². The second-order valence-corrected chi connectivity index (χ2v) is 6.33. The van der Waals surface area contributed by atoms with Gasteiger partial charge in [-0.3, -0.25) is 9.48 Å². The van der Waals surface area contributed by atoms with E-state index in [1.165, 1.54) is 16.8 Å². The zero-order chi connectivity index (χ0) is 16.6. The molecular weight excluding hydrogens is 288 g/mol. The molecule has 0 unspecified atom stereocenters. The standard InChI is InChI=1S/C18H24N4O/c1-13-6-5-7-16(15(13)3)21-8-10-22(11-9-21)18(23)17-14(2)12-20(4)19-17/h5-7,12H,8-11H2,1-4H3. The van der Waals surface area contributed by atoms with Crippen LogP contribution in [0.1, 0.15) is 27.2 Å². The molecule has 0 spiro atoms. The molecule has 1 saturated heterocycles. The molecule has 122 valence electrons. The number of hydrogen-bond donors (Lipinski definition) is 0. The molecule has 0 N–H and O–H groups in total. The number of anilines is 1. The van der Waals surface area contributed by atoms with Gasteiger partial charge in [-0.1, -0.05) is 12.1 Å². The number of aryl methyl sites for hydroxylation is 3. The molecule has 1 fully saturated rings. The van der Waals surface area contributed by atoms with Crippen molar-refractivity contribution in [3.63, 3.8) is 0 Å². The highest BCUT2D eigenvalue weighted by atomic mass is 16.2. The Morgan fingerprint density at radius 1 is 1.04 bits per heavy atom. The molecule has 0 radical (unpaired) electrons. The molecule has 2 heterocycles. The van der Waals surface area contributed by atoms with Gasteiger partial charge in [0, 0.05) is 50.7 Å². The van der Waals surface area contributed by atoms with Gasteiger partial charge in [-0.25, -0.2) is 0 Å². The smallest absolute Gasteiger partial charge is 0.274 e. The topological polar surface area (TPSA) is 41.4 Å². The second kappa shape index (κ2) is 6.07. The van der Waals surface area contributed by atoms with Crippen LogP contribution in [0, 0.1) is 20.8 Å². The number of aromatic nitrogens is 2. The van der Waals surface area contributed by atoms with E-state index in [1.54, 1.807) is 4.68 Å². The van der Waals surface area contributed by atoms with Gasteiger partial charge in [-0.15, -0.1) is 0 Å². The summed E-state index contributed by atoms with van der Waals surface area (Å²) in [5, 5.41) is 4.30. The Hall–Kier alpha value is -2.30. The molecule has 1 amide bonds. The Bertz CT molecular complexity index is 727. The Morgan fingerprint density at radius 3 is 2.35 bits per heavy atom. The summed E-state index contributed by atoms with van der Waals surface area (Å²) in [7, 11) is 1.85. The van der Waals surface area contributed by atoms with Crippen LogP contribution < -0.4 is 4.90 Å². The minimum Gasteiger partial charge on any atom is -0.368 e. The Morgan fingerprint density at radius 2 is 1.74 bits per heavy atom. The first-order chi connectivity index (χ1) is 11.0. The van der Waals surface area contributed by atoms with Crippen molar-refractivity contribution in [3.8, 4) is 0 Å². The maximum Gasteiger partial charge on any atom is 0.274 e. The average Bonchev–Trinajstić information content (AvgIpc) is 2.88. The predicted octanol–water partition coefficient (Wildman–Crippen LogP) is 2.31. The first kappa shape index (κ1) is 15.6. The molecule has 5 heteroatoms. The number of carbonyl (C=O) groups excluding carboxylic acids is 1. The zero-order valence-corrected chi connectivity index (χ0v) is 14.3. The molecule has 1 aromatic heterocycles. The number of amides is 1. The number of carbonyl (C=O) groups is 1. The van der Waals surface area contributed by atoms with Crippen LogP contribution >= 0.6 is 0 Å². The van der Waals surface area contributed by atoms with Gasteiger partial charge in [0.05, 0.1) is 0 Å². The summed E-state index contributed by atoms with van der Waals surface area (Å²) in [6.45, 7) is 9.45. The van der Waals surface area contributed by atoms with Crippen LogP contribution in [0.5, 0.6) is 0 Å². The van der Waals surface area contributed by atoms with Crippen molar-refractivity contribution in [3.05, 3.63) is 46.8 Å². The number of rotatable bonds is 2. The van der Waals surface area contributed by atoms with E-state index in [4.69, 9.17) is 0 Å². The highest BCUT2D eigenvalue weighted by Crippen LogP contribution is 2.24. The third-order valence-electron chi connectivity index (χ3n) is 4.70. The number of piperazine rings is 1. The van der Waals surface area contributed by atoms with Crippen LogP contribution in [-0.2, 0) is 7.05 Å². The largest absolute Gasteiger partial charge is 0.368 e. The molecule has 3 rings (SSSR count). The average molecular weight is 312 g/mol. The first-order valence-electron chi connectivity index (χ1n) is 8.08. The van der Waals surface area contributed by atoms with Gasteiger partial charge >= 0.3 is 0 Å². The van der Waals surface area contributed by atoms with Gasteiger partial charge in [-0.2, -0.15) is 5.10 Å². The second-order valence-electron chi connectivity index (χ2n) is 6.33. The minimum absolute atomic E-state index is 0.0451. The molecule has 0 saturated carbocycles. The van der Waals surface area contributed by atoms with E-state index in [0.717, 1.165) is 31.7 Å². The van der Waals surface area contributed by atoms with Crippen LogP contribution in [0.3, 0.4) is 0 Å². The lowest BCUT2D eigenvalue weighted by Gasteiger charge is -2.36. The van der Waals surface area contributed by atoms with E-state index in [1.807, 2.05) is 25.1 Å². The van der Waals surface area contributed by atoms with E-state index >= 15 is 0 Å². The fourth-order valence-corrected chi connectivity index (χ4v) is 3.20. The van der Waals surface area contributed by atoms with Crippen molar-refractivity contribution in [2.24, 2.45) is 7.05 Å². The van der Waals surface area contributed by atoms with Gasteiger partial charge in [0.15, 0.2) is 5.69 Å². The van der Waals surface area contributed by atoms with Crippen LogP contribution in [0.2, 0.25) is 0 Å². The summed E-state index contributed by atoms with van der Waals surface area (Å²) >= 11 is 0. The third kappa shape index (κ3) is 2.96. The molecule has 0 atom stereocenters. The number of benzene rings is 1. The van der Waals surface area contributed by atoms with E-state index in [9.17, 15) is 4.79 Å². The number of nitrogens with zero attached hydrogens (tertiary/aromatic N) is 4. The highest BCUT2D eigenvalue weighted by Gasteiger charge is 2.25. The van der Waals surface area contributed by atoms with Gasteiger partial charge in [0.1, 0.15) is 0 Å². The molecule has 1 aromatic carbocycles. The van der Waals surface area contributed by atoms with Crippen LogP contribution in [0.25, 0.3) is 0 Å². The maximum atomic E-state index is 12.6. The molecule has 1 aliphatic heterocycles. The van der Waals surface area contributed by atoms with Crippen molar-refractivity contribution in [2.45, 2.75) is 20.8 Å². The SMILES string of the molecule is Cc1cn(C)nc1C(=O)N1CCN(c2cccc(C)c2C)CC1. The molecule has 0 aliphatic carbocycles. The minimum atomic E-state index is 0.0451. The van der Waals surface area contributed by atoms with E-state index in [2.05, 4.69) is 42.0 Å². The Balaban J connectivity index is 1.70. The monoisotopic (exact) mass is 312 g/mol. The zero-order valence-electron chi connectivity index (χ0n) is 14.3. The molecule has 2 aromatic rings. The molecule has 0 bridgehead atoms. The van der Waals surface area contributed by atoms with Gasteiger partial charge in [0.25, 0.3) is 5.91 Å². The molecular formula is C18H24N4O. The Labute approximate surface area is 137 Å². The maximum absolute atomic E-state index is 12.6. The summed E-state index contributed by atoms with van der Waals surface area (Å²) in [5.41, 5.74) is 5.44. The fourth-order valence-electron chi connectivity index (χ4n) is 3.20. The van der Waals surface area contributed by atoms with Crippen LogP contribution in [0.15, 0.2) is 24.4 Å². The normalized spacial score (nSPS) is 15.1. The van der Waals surface area contributed by atoms with Crippen molar-refractivity contribution in [1.29, 1.82) is 0 Å². The fraction of sp³-hybridized carbons (Fsp3) is 0.444. The van der Waals surface area contributed by atoms with E-state index in [-0.39, 0.29) is 5.91 Å². The molecule has 5 nitrogen and oxygen atoms in total. The lowest BCUT2D eigenvalue weighted by Crippen LogP contribution is -2.49. The van der Waals surface area contributed by atoms with Gasteiger partial charge in [-0.05, 0) is 38.0 Å². The van der Waals surface area contributed by atoms with Gasteiger partial charge in [0.2, 0.25) is 0 Å². The van der Waals surface area contributed by atoms with Crippen molar-refractivity contribution in [2.75, 3.05) is 31.1 Å². The lowest BCUT2D eigenvalue weighted by atomic mass is 10.1. The van der Waals surface area contributed by atoms with Crippen molar-refractivity contribution < 1.29 is 4.79 Å². The van der Waals surface area contributed by atoms with Crippen molar-refractivity contribution in [1.82, 2.24) is 14.7 Å². The predicted molar refractivity (Wildman–Crippen MR) is 92.0 cm³/mol. The number of hydrogen-bond acceptors (Lipinski definition) is 3. The summed E-state index contributed by atoms with van der Waals surface area (Å²) in [5.74, 6) is 0.0451. The lowest BCUT2D eigenvalue weighted by molar-refractivity contribution is 0.0739. The summed E-state index contributed by atoms with van der Waals surface area (Å²) in [6, 6.07) is 6.41. The highest BCUT2D eigenvalue weighted by molar-refractivity contribution is 5.93. The first-order valence-corrected chi connectivity index (χ1v) is 8.08. The Kier molecular flexibility index (Phi) is 4.11. The van der Waals surface area contributed by atoms with Gasteiger partial charge < -0.3 is 9.80 Å². The summed E-state index contributed by atoms with van der Waals surface area (Å²) in [6.07, 6.45) is 1.89. The summed E-state index contributed by atoms with van der Waals surface area (Å²) in [4.78, 5) is 16.9. The van der Waals surface area contributed by atoms with E-state index in [0.29, 0.717) is 5.69 Å². The summed E-state index contributed by atoms with van der Waals surface area (Å²) < 4.78 is 1.70. The quantitative estimate of drug-likeness (QED) is 0.854. The third-order valence-corrected chi connectivity index (χ3v) is 4.70. The van der Waals surface area contributed by atoms with Crippen LogP contribution in [0.4, 0.5) is 5.69 Å².